The summed E-state index contributed by atoms with van der Waals surface area (Å²) in [6, 6.07) is 5.65. The molecule has 31 heavy (non-hydrogen) atoms. The fourth-order valence-electron chi connectivity index (χ4n) is 4.50. The summed E-state index contributed by atoms with van der Waals surface area (Å²) in [6.45, 7) is 2.47. The highest BCUT2D eigenvalue weighted by atomic mass is 32.2. The number of carbonyl (C=O) groups excluding carboxylic acids is 1. The molecule has 162 valence electrons. The summed E-state index contributed by atoms with van der Waals surface area (Å²) in [4.78, 5) is 35.8. The van der Waals surface area contributed by atoms with Crippen molar-refractivity contribution in [3.05, 3.63) is 45.2 Å². The standard InChI is InChI=1S/C22H24N4O3S2/c27-20-16(14-17-21(28)26(22(30)31-17)15-6-2-1-3-7-15)19(24-10-12-29-13-11-24)23-18-8-4-5-9-25(18)20/h4-5,8-9,14-15H,1-3,6-7,10-13H2/b17-14+. The van der Waals surface area contributed by atoms with Gasteiger partial charge in [-0.2, -0.15) is 0 Å². The number of nitrogens with zero attached hydrogens (tertiary/aromatic N) is 4. The second-order valence-electron chi connectivity index (χ2n) is 8.03. The lowest BCUT2D eigenvalue weighted by Crippen LogP contribution is -2.40. The van der Waals surface area contributed by atoms with Crippen LogP contribution in [-0.4, -0.2) is 56.9 Å². The number of ether oxygens (including phenoxy) is 1. The van der Waals surface area contributed by atoms with Crippen LogP contribution in [0.25, 0.3) is 11.7 Å². The molecule has 5 rings (SSSR count). The van der Waals surface area contributed by atoms with Gasteiger partial charge in [-0.25, -0.2) is 4.98 Å². The zero-order chi connectivity index (χ0) is 21.4. The first-order valence-electron chi connectivity index (χ1n) is 10.7. The second-order valence-corrected chi connectivity index (χ2v) is 9.70. The van der Waals surface area contributed by atoms with Crippen molar-refractivity contribution in [1.82, 2.24) is 14.3 Å². The van der Waals surface area contributed by atoms with Gasteiger partial charge in [0.2, 0.25) is 0 Å². The third-order valence-corrected chi connectivity index (χ3v) is 7.43. The van der Waals surface area contributed by atoms with Crippen LogP contribution < -0.4 is 10.5 Å². The number of pyridine rings is 1. The molecule has 3 fully saturated rings. The van der Waals surface area contributed by atoms with Gasteiger partial charge in [0.15, 0.2) is 0 Å². The summed E-state index contributed by atoms with van der Waals surface area (Å²) < 4.78 is 7.59. The van der Waals surface area contributed by atoms with Crippen molar-refractivity contribution in [2.45, 2.75) is 38.1 Å². The van der Waals surface area contributed by atoms with E-state index in [4.69, 9.17) is 21.9 Å². The van der Waals surface area contributed by atoms with E-state index in [1.165, 1.54) is 22.6 Å². The summed E-state index contributed by atoms with van der Waals surface area (Å²) in [7, 11) is 0. The number of rotatable bonds is 3. The lowest BCUT2D eigenvalue weighted by molar-refractivity contribution is -0.124. The number of morpholine rings is 1. The van der Waals surface area contributed by atoms with Gasteiger partial charge in [-0.1, -0.05) is 49.3 Å². The maximum atomic E-state index is 13.4. The van der Waals surface area contributed by atoms with Gasteiger partial charge in [0.25, 0.3) is 11.5 Å². The van der Waals surface area contributed by atoms with Crippen LogP contribution in [0.15, 0.2) is 34.1 Å². The van der Waals surface area contributed by atoms with Gasteiger partial charge >= 0.3 is 0 Å². The third-order valence-electron chi connectivity index (χ3n) is 6.10. The zero-order valence-corrected chi connectivity index (χ0v) is 18.8. The highest BCUT2D eigenvalue weighted by molar-refractivity contribution is 8.26. The molecule has 9 heteroatoms. The lowest BCUT2D eigenvalue weighted by atomic mass is 9.94. The highest BCUT2D eigenvalue weighted by Gasteiger charge is 2.38. The molecule has 0 spiro atoms. The van der Waals surface area contributed by atoms with E-state index in [1.807, 2.05) is 12.1 Å². The molecule has 2 aromatic rings. The SMILES string of the molecule is O=C1/C(=C\c2c(N3CCOCC3)nc3ccccn3c2=O)SC(=S)N1C1CCCCC1. The molecule has 3 aliphatic rings. The maximum absolute atomic E-state index is 13.4. The fourth-order valence-corrected chi connectivity index (χ4v) is 5.88. The third kappa shape index (κ3) is 3.90. The summed E-state index contributed by atoms with van der Waals surface area (Å²) in [5, 5.41) is 0. The molecule has 0 unspecified atom stereocenters. The van der Waals surface area contributed by atoms with E-state index >= 15 is 0 Å². The quantitative estimate of drug-likeness (QED) is 0.519. The van der Waals surface area contributed by atoms with Gasteiger partial charge in [-0.15, -0.1) is 0 Å². The molecule has 0 atom stereocenters. The number of thioether (sulfide) groups is 1. The number of hydrogen-bond acceptors (Lipinski definition) is 7. The van der Waals surface area contributed by atoms with Crippen LogP contribution in [0, 0.1) is 0 Å². The summed E-state index contributed by atoms with van der Waals surface area (Å²) in [6.07, 6.45) is 8.83. The van der Waals surface area contributed by atoms with Crippen molar-refractivity contribution in [2.75, 3.05) is 31.2 Å². The average Bonchev–Trinajstić information content (AvgIpc) is 3.09. The van der Waals surface area contributed by atoms with Gasteiger partial charge in [0.1, 0.15) is 15.8 Å². The molecule has 1 amide bonds. The van der Waals surface area contributed by atoms with Gasteiger partial charge in [0.05, 0.1) is 23.7 Å². The van der Waals surface area contributed by atoms with Gasteiger partial charge in [0, 0.05) is 25.3 Å². The zero-order valence-electron chi connectivity index (χ0n) is 17.2. The number of anilines is 1. The minimum Gasteiger partial charge on any atom is -0.378 e. The van der Waals surface area contributed by atoms with E-state index in [0.717, 1.165) is 25.7 Å². The lowest BCUT2D eigenvalue weighted by Gasteiger charge is -2.30. The van der Waals surface area contributed by atoms with Crippen molar-refractivity contribution in [2.24, 2.45) is 0 Å². The van der Waals surface area contributed by atoms with Crippen LogP contribution >= 0.6 is 24.0 Å². The first-order valence-corrected chi connectivity index (χ1v) is 12.0. The van der Waals surface area contributed by atoms with Crippen LogP contribution in [0.3, 0.4) is 0 Å². The molecule has 0 bridgehead atoms. The first-order chi connectivity index (χ1) is 15.1. The number of carbonyl (C=O) groups is 1. The van der Waals surface area contributed by atoms with Crippen molar-refractivity contribution in [3.8, 4) is 0 Å². The largest absolute Gasteiger partial charge is 0.378 e. The van der Waals surface area contributed by atoms with E-state index in [9.17, 15) is 9.59 Å². The summed E-state index contributed by atoms with van der Waals surface area (Å²) >= 11 is 6.85. The first kappa shape index (κ1) is 20.7. The smallest absolute Gasteiger partial charge is 0.267 e. The molecule has 2 saturated heterocycles. The molecular weight excluding hydrogens is 432 g/mol. The summed E-state index contributed by atoms with van der Waals surface area (Å²) in [5.74, 6) is 0.509. The number of fused-ring (bicyclic) bond motifs is 1. The Kier molecular flexibility index (Phi) is 5.81. The van der Waals surface area contributed by atoms with E-state index in [1.54, 1.807) is 23.2 Å². The van der Waals surface area contributed by atoms with Crippen LogP contribution in [0.2, 0.25) is 0 Å². The minimum atomic E-state index is -0.185. The van der Waals surface area contributed by atoms with Crippen molar-refractivity contribution < 1.29 is 9.53 Å². The van der Waals surface area contributed by atoms with E-state index < -0.39 is 0 Å². The number of amides is 1. The predicted molar refractivity (Wildman–Crippen MR) is 126 cm³/mol. The molecule has 1 aliphatic carbocycles. The fraction of sp³-hybridized carbons (Fsp3) is 0.455. The van der Waals surface area contributed by atoms with E-state index in [2.05, 4.69) is 4.90 Å². The number of thiocarbonyl (C=S) groups is 1. The monoisotopic (exact) mass is 456 g/mol. The average molecular weight is 457 g/mol. The Balaban J connectivity index is 1.58. The topological polar surface area (TPSA) is 67.2 Å². The minimum absolute atomic E-state index is 0.0904. The molecule has 2 aliphatic heterocycles. The Hall–Kier alpha value is -2.23. The Morgan fingerprint density at radius 2 is 1.90 bits per heavy atom. The van der Waals surface area contributed by atoms with Gasteiger partial charge in [-0.3, -0.25) is 18.9 Å². The molecule has 2 aromatic heterocycles. The Labute approximate surface area is 190 Å². The molecule has 0 radical (unpaired) electrons. The van der Waals surface area contributed by atoms with Crippen LogP contribution in [0.5, 0.6) is 0 Å². The molecule has 4 heterocycles. The molecule has 0 aromatic carbocycles. The highest BCUT2D eigenvalue weighted by Crippen LogP contribution is 2.37. The van der Waals surface area contributed by atoms with Crippen LogP contribution in [-0.2, 0) is 9.53 Å². The molecule has 0 N–H and O–H groups in total. The number of hydrogen-bond donors (Lipinski definition) is 0. The second kappa shape index (κ2) is 8.72. The Morgan fingerprint density at radius 3 is 2.68 bits per heavy atom. The number of aromatic nitrogens is 2. The molecule has 7 nitrogen and oxygen atoms in total. The van der Waals surface area contributed by atoms with Gasteiger partial charge in [-0.05, 0) is 31.1 Å². The van der Waals surface area contributed by atoms with E-state index in [-0.39, 0.29) is 17.5 Å². The molecule has 1 saturated carbocycles. The Bertz CT molecular complexity index is 1120. The Morgan fingerprint density at radius 1 is 1.13 bits per heavy atom. The summed E-state index contributed by atoms with van der Waals surface area (Å²) in [5.41, 5.74) is 0.825. The molecular formula is C22H24N4O3S2. The van der Waals surface area contributed by atoms with E-state index in [0.29, 0.717) is 52.6 Å². The van der Waals surface area contributed by atoms with Gasteiger partial charge < -0.3 is 9.64 Å². The maximum Gasteiger partial charge on any atom is 0.267 e. The van der Waals surface area contributed by atoms with Crippen molar-refractivity contribution >= 4 is 51.7 Å². The van der Waals surface area contributed by atoms with Crippen LogP contribution in [0.4, 0.5) is 5.82 Å². The normalized spacial score (nSPS) is 22.1. The van der Waals surface area contributed by atoms with Crippen molar-refractivity contribution in [3.63, 3.8) is 0 Å². The predicted octanol–water partition coefficient (Wildman–Crippen LogP) is 3.07. The van der Waals surface area contributed by atoms with Crippen LogP contribution in [0.1, 0.15) is 37.7 Å². The van der Waals surface area contributed by atoms with Crippen molar-refractivity contribution in [1.29, 1.82) is 0 Å².